The minimum atomic E-state index is -0.383. The van der Waals surface area contributed by atoms with E-state index in [0.29, 0.717) is 5.69 Å². The van der Waals surface area contributed by atoms with E-state index < -0.39 is 0 Å². The van der Waals surface area contributed by atoms with Crippen LogP contribution in [0, 0.1) is 0 Å². The second kappa shape index (κ2) is 7.61. The first kappa shape index (κ1) is 18.6. The van der Waals surface area contributed by atoms with Gasteiger partial charge in [-0.1, -0.05) is 33.6 Å². The Labute approximate surface area is 157 Å². The van der Waals surface area contributed by atoms with Crippen LogP contribution in [0.4, 0.5) is 10.5 Å². The van der Waals surface area contributed by atoms with E-state index in [4.69, 9.17) is 0 Å². The maximum Gasteiger partial charge on any atom is 0.319 e. The number of urea groups is 1. The second-order valence-electron chi connectivity index (χ2n) is 7.81. The van der Waals surface area contributed by atoms with Gasteiger partial charge in [0, 0.05) is 17.1 Å². The van der Waals surface area contributed by atoms with Crippen LogP contribution in [-0.2, 0) is 10.2 Å². The SMILES string of the molecule is CC(C)(C)c1nc2ccc(NC(=O)NCC(=O)NC3CCCC3)cc2s1. The number of carbonyl (C=O) groups is 2. The normalized spacial score (nSPS) is 15.2. The van der Waals surface area contributed by atoms with E-state index in [1.54, 1.807) is 11.3 Å². The molecule has 140 valence electrons. The Hall–Kier alpha value is -2.15. The number of amides is 3. The van der Waals surface area contributed by atoms with Crippen LogP contribution >= 0.6 is 11.3 Å². The number of fused-ring (bicyclic) bond motifs is 1. The fourth-order valence-corrected chi connectivity index (χ4v) is 4.07. The molecule has 0 aliphatic heterocycles. The molecule has 0 unspecified atom stereocenters. The number of hydrogen-bond acceptors (Lipinski definition) is 4. The predicted octanol–water partition coefficient (Wildman–Crippen LogP) is 3.77. The van der Waals surface area contributed by atoms with E-state index in [0.717, 1.165) is 40.9 Å². The van der Waals surface area contributed by atoms with Crippen molar-refractivity contribution in [1.29, 1.82) is 0 Å². The first-order valence-corrected chi connectivity index (χ1v) is 9.88. The van der Waals surface area contributed by atoms with E-state index in [1.165, 1.54) is 0 Å². The zero-order valence-electron chi connectivity index (χ0n) is 15.5. The van der Waals surface area contributed by atoms with Crippen LogP contribution in [0.1, 0.15) is 51.5 Å². The fraction of sp³-hybridized carbons (Fsp3) is 0.526. The molecule has 26 heavy (non-hydrogen) atoms. The number of benzene rings is 1. The molecule has 1 heterocycles. The number of thiazole rings is 1. The van der Waals surface area contributed by atoms with Crippen molar-refractivity contribution in [3.63, 3.8) is 0 Å². The number of carbonyl (C=O) groups excluding carboxylic acids is 2. The first-order valence-electron chi connectivity index (χ1n) is 9.06. The van der Waals surface area contributed by atoms with Gasteiger partial charge in [0.05, 0.1) is 21.8 Å². The lowest BCUT2D eigenvalue weighted by atomic mass is 9.98. The molecular formula is C19H26N4O2S. The maximum absolute atomic E-state index is 12.0. The zero-order chi connectivity index (χ0) is 18.7. The molecule has 1 fully saturated rings. The van der Waals surface area contributed by atoms with Gasteiger partial charge >= 0.3 is 6.03 Å². The van der Waals surface area contributed by atoms with Crippen molar-refractivity contribution >= 4 is 39.2 Å². The number of rotatable bonds is 4. The predicted molar refractivity (Wildman–Crippen MR) is 106 cm³/mol. The van der Waals surface area contributed by atoms with E-state index >= 15 is 0 Å². The third-order valence-electron chi connectivity index (χ3n) is 4.42. The minimum absolute atomic E-state index is 0.00132. The molecule has 1 aliphatic carbocycles. The summed E-state index contributed by atoms with van der Waals surface area (Å²) < 4.78 is 1.03. The lowest BCUT2D eigenvalue weighted by molar-refractivity contribution is -0.120. The molecule has 3 amide bonds. The van der Waals surface area contributed by atoms with Crippen LogP contribution in [0.15, 0.2) is 18.2 Å². The highest BCUT2D eigenvalue weighted by Crippen LogP contribution is 2.32. The minimum Gasteiger partial charge on any atom is -0.352 e. The van der Waals surface area contributed by atoms with Crippen LogP contribution in [0.2, 0.25) is 0 Å². The van der Waals surface area contributed by atoms with Crippen LogP contribution in [0.25, 0.3) is 10.2 Å². The van der Waals surface area contributed by atoms with Crippen LogP contribution in [0.5, 0.6) is 0 Å². The quantitative estimate of drug-likeness (QED) is 0.762. The van der Waals surface area contributed by atoms with E-state index in [2.05, 4.69) is 41.7 Å². The average Bonchev–Trinajstić information content (AvgIpc) is 3.21. The average molecular weight is 375 g/mol. The molecular weight excluding hydrogens is 348 g/mol. The number of hydrogen-bond donors (Lipinski definition) is 3. The largest absolute Gasteiger partial charge is 0.352 e. The topological polar surface area (TPSA) is 83.1 Å². The van der Waals surface area contributed by atoms with Crippen LogP contribution in [-0.4, -0.2) is 29.5 Å². The highest BCUT2D eigenvalue weighted by atomic mass is 32.1. The molecule has 3 N–H and O–H groups in total. The third kappa shape index (κ3) is 4.72. The molecule has 0 radical (unpaired) electrons. The highest BCUT2D eigenvalue weighted by Gasteiger charge is 2.19. The van der Waals surface area contributed by atoms with Crippen molar-refractivity contribution in [2.75, 3.05) is 11.9 Å². The Morgan fingerprint density at radius 1 is 1.23 bits per heavy atom. The van der Waals surface area contributed by atoms with Gasteiger partial charge in [-0.2, -0.15) is 0 Å². The van der Waals surface area contributed by atoms with Gasteiger partial charge in [0.2, 0.25) is 5.91 Å². The van der Waals surface area contributed by atoms with Gasteiger partial charge in [-0.3, -0.25) is 4.79 Å². The summed E-state index contributed by atoms with van der Waals surface area (Å²) in [5.41, 5.74) is 1.62. The third-order valence-corrected chi connectivity index (χ3v) is 5.86. The molecule has 3 rings (SSSR count). The summed E-state index contributed by atoms with van der Waals surface area (Å²) in [4.78, 5) is 28.6. The van der Waals surface area contributed by atoms with Gasteiger partial charge in [-0.05, 0) is 31.0 Å². The molecule has 1 aromatic carbocycles. The number of aromatic nitrogens is 1. The van der Waals surface area contributed by atoms with E-state index in [1.807, 2.05) is 18.2 Å². The fourth-order valence-electron chi connectivity index (χ4n) is 3.01. The first-order chi connectivity index (χ1) is 12.3. The summed E-state index contributed by atoms with van der Waals surface area (Å²) in [6.07, 6.45) is 4.39. The standard InChI is InChI=1S/C19H26N4O2S/c1-19(2,3)17-23-14-9-8-13(10-15(14)26-17)22-18(25)20-11-16(24)21-12-6-4-5-7-12/h8-10,12H,4-7,11H2,1-3H3,(H,21,24)(H2,20,22,25). The summed E-state index contributed by atoms with van der Waals surface area (Å²) in [5.74, 6) is -0.139. The number of nitrogens with one attached hydrogen (secondary N) is 3. The van der Waals surface area contributed by atoms with Crippen molar-refractivity contribution in [3.05, 3.63) is 23.2 Å². The zero-order valence-corrected chi connectivity index (χ0v) is 16.3. The van der Waals surface area contributed by atoms with Gasteiger partial charge in [-0.25, -0.2) is 9.78 Å². The molecule has 0 saturated heterocycles. The number of nitrogens with zero attached hydrogens (tertiary/aromatic N) is 1. The summed E-state index contributed by atoms with van der Waals surface area (Å²) in [7, 11) is 0. The Balaban J connectivity index is 1.54. The second-order valence-corrected chi connectivity index (χ2v) is 8.84. The monoisotopic (exact) mass is 374 g/mol. The van der Waals surface area contributed by atoms with Crippen LogP contribution in [0.3, 0.4) is 0 Å². The van der Waals surface area contributed by atoms with Gasteiger partial charge in [0.1, 0.15) is 0 Å². The molecule has 6 nitrogen and oxygen atoms in total. The highest BCUT2D eigenvalue weighted by molar-refractivity contribution is 7.18. The Morgan fingerprint density at radius 3 is 2.65 bits per heavy atom. The summed E-state index contributed by atoms with van der Waals surface area (Å²) in [6.45, 7) is 6.38. The maximum atomic E-state index is 12.0. The molecule has 2 aromatic rings. The summed E-state index contributed by atoms with van der Waals surface area (Å²) in [6, 6.07) is 5.53. The van der Waals surface area contributed by atoms with Crippen molar-refractivity contribution in [3.8, 4) is 0 Å². The van der Waals surface area contributed by atoms with Crippen molar-refractivity contribution < 1.29 is 9.59 Å². The van der Waals surface area contributed by atoms with E-state index in [-0.39, 0.29) is 29.9 Å². The lowest BCUT2D eigenvalue weighted by Crippen LogP contribution is -2.42. The molecule has 0 atom stereocenters. The van der Waals surface area contributed by atoms with Crippen LogP contribution < -0.4 is 16.0 Å². The molecule has 7 heteroatoms. The Bertz CT molecular complexity index is 803. The van der Waals surface area contributed by atoms with Gasteiger partial charge in [0.25, 0.3) is 0 Å². The number of anilines is 1. The molecule has 0 bridgehead atoms. The summed E-state index contributed by atoms with van der Waals surface area (Å²) in [5, 5.41) is 9.41. The van der Waals surface area contributed by atoms with Gasteiger partial charge in [0.15, 0.2) is 0 Å². The van der Waals surface area contributed by atoms with Crippen molar-refractivity contribution in [1.82, 2.24) is 15.6 Å². The van der Waals surface area contributed by atoms with Gasteiger partial charge in [-0.15, -0.1) is 11.3 Å². The lowest BCUT2D eigenvalue weighted by Gasteiger charge is -2.13. The van der Waals surface area contributed by atoms with Crippen molar-refractivity contribution in [2.24, 2.45) is 0 Å². The molecule has 1 aliphatic rings. The molecule has 0 spiro atoms. The molecule has 1 aromatic heterocycles. The summed E-state index contributed by atoms with van der Waals surface area (Å²) >= 11 is 1.63. The Morgan fingerprint density at radius 2 is 1.96 bits per heavy atom. The smallest absolute Gasteiger partial charge is 0.319 e. The van der Waals surface area contributed by atoms with Gasteiger partial charge < -0.3 is 16.0 Å². The Kier molecular flexibility index (Phi) is 5.46. The van der Waals surface area contributed by atoms with Crippen molar-refractivity contribution in [2.45, 2.75) is 57.9 Å². The molecule has 1 saturated carbocycles. The van der Waals surface area contributed by atoms with E-state index in [9.17, 15) is 9.59 Å².